The van der Waals surface area contributed by atoms with Crippen molar-refractivity contribution in [3.63, 3.8) is 0 Å². The number of benzene rings is 4. The Labute approximate surface area is 196 Å². The maximum atomic E-state index is 6.33. The number of hydrogen-bond donors (Lipinski definition) is 0. The molecule has 0 N–H and O–H groups in total. The topological polar surface area (TPSA) is 30.4 Å². The fourth-order valence-electron chi connectivity index (χ4n) is 4.85. The van der Waals surface area contributed by atoms with Crippen molar-refractivity contribution in [1.82, 2.24) is 9.61 Å². The van der Waals surface area contributed by atoms with Gasteiger partial charge in [0, 0.05) is 21.9 Å². The Balaban J connectivity index is 1.67. The van der Waals surface area contributed by atoms with E-state index in [2.05, 4.69) is 95.5 Å². The van der Waals surface area contributed by atoms with E-state index in [4.69, 9.17) is 9.52 Å². The van der Waals surface area contributed by atoms with E-state index in [1.165, 1.54) is 5.39 Å². The Bertz CT molecular complexity index is 1760. The van der Waals surface area contributed by atoms with E-state index in [9.17, 15) is 0 Å². The lowest BCUT2D eigenvalue weighted by Gasteiger charge is -2.10. The Hall–Kier alpha value is -4.63. The van der Waals surface area contributed by atoms with Gasteiger partial charge in [0.15, 0.2) is 5.76 Å². The van der Waals surface area contributed by atoms with Crippen LogP contribution >= 0.6 is 0 Å². The van der Waals surface area contributed by atoms with Crippen molar-refractivity contribution < 1.29 is 4.42 Å². The van der Waals surface area contributed by atoms with Crippen LogP contribution in [0.1, 0.15) is 0 Å². The smallest absolute Gasteiger partial charge is 0.156 e. The molecule has 7 aromatic rings. The summed E-state index contributed by atoms with van der Waals surface area (Å²) in [4.78, 5) is 0. The van der Waals surface area contributed by atoms with Crippen LogP contribution in [0.5, 0.6) is 0 Å². The molecule has 3 heterocycles. The lowest BCUT2D eigenvalue weighted by Crippen LogP contribution is -1.95. The van der Waals surface area contributed by atoms with E-state index >= 15 is 0 Å². The first-order valence-corrected chi connectivity index (χ1v) is 11.4. The van der Waals surface area contributed by atoms with Gasteiger partial charge in [-0.25, -0.2) is 4.52 Å². The minimum atomic E-state index is 0.770. The summed E-state index contributed by atoms with van der Waals surface area (Å²) in [5, 5.41) is 8.62. The third-order valence-electron chi connectivity index (χ3n) is 6.41. The van der Waals surface area contributed by atoms with Gasteiger partial charge >= 0.3 is 0 Å². The first kappa shape index (κ1) is 18.9. The molecule has 0 aliphatic rings. The van der Waals surface area contributed by atoms with Crippen LogP contribution in [-0.4, -0.2) is 9.61 Å². The molecule has 0 unspecified atom stereocenters. The first-order valence-electron chi connectivity index (χ1n) is 11.4. The summed E-state index contributed by atoms with van der Waals surface area (Å²) in [6, 6.07) is 41.9. The minimum Gasteiger partial charge on any atom is -0.454 e. The summed E-state index contributed by atoms with van der Waals surface area (Å²) >= 11 is 0. The Kier molecular flexibility index (Phi) is 4.15. The normalized spacial score (nSPS) is 11.5. The van der Waals surface area contributed by atoms with Gasteiger partial charge in [-0.1, -0.05) is 103 Å². The number of furan rings is 1. The van der Waals surface area contributed by atoms with Gasteiger partial charge < -0.3 is 4.42 Å². The highest BCUT2D eigenvalue weighted by atomic mass is 16.3. The molecular weight excluding hydrogens is 416 g/mol. The number of pyridine rings is 1. The molecule has 0 amide bonds. The lowest BCUT2D eigenvalue weighted by molar-refractivity contribution is 0.628. The molecule has 3 nitrogen and oxygen atoms in total. The van der Waals surface area contributed by atoms with Crippen LogP contribution in [0.4, 0.5) is 0 Å². The van der Waals surface area contributed by atoms with E-state index in [0.717, 1.165) is 55.7 Å². The molecule has 0 spiro atoms. The molecule has 0 saturated carbocycles. The third-order valence-corrected chi connectivity index (χ3v) is 6.41. The predicted molar refractivity (Wildman–Crippen MR) is 139 cm³/mol. The number of para-hydroxylation sites is 1. The van der Waals surface area contributed by atoms with Gasteiger partial charge in [0.05, 0.1) is 11.2 Å². The summed E-state index contributed by atoms with van der Waals surface area (Å²) in [5.41, 5.74) is 7.15. The Morgan fingerprint density at radius 1 is 0.588 bits per heavy atom. The van der Waals surface area contributed by atoms with Crippen LogP contribution < -0.4 is 0 Å². The van der Waals surface area contributed by atoms with Gasteiger partial charge in [-0.15, -0.1) is 0 Å². The number of fused-ring (bicyclic) bond motifs is 4. The van der Waals surface area contributed by atoms with Crippen molar-refractivity contribution in [2.45, 2.75) is 0 Å². The highest BCUT2D eigenvalue weighted by Gasteiger charge is 2.23. The molecule has 0 bridgehead atoms. The molecule has 0 aliphatic carbocycles. The Morgan fingerprint density at radius 3 is 2.00 bits per heavy atom. The van der Waals surface area contributed by atoms with Gasteiger partial charge in [-0.05, 0) is 29.1 Å². The molecule has 4 aromatic carbocycles. The molecule has 34 heavy (non-hydrogen) atoms. The average molecular weight is 437 g/mol. The van der Waals surface area contributed by atoms with Crippen molar-refractivity contribution >= 4 is 27.3 Å². The van der Waals surface area contributed by atoms with Crippen molar-refractivity contribution in [2.24, 2.45) is 0 Å². The average Bonchev–Trinajstić information content (AvgIpc) is 3.51. The fraction of sp³-hybridized carbons (Fsp3) is 0. The number of rotatable bonds is 3. The van der Waals surface area contributed by atoms with E-state index in [1.807, 2.05) is 30.3 Å². The zero-order valence-corrected chi connectivity index (χ0v) is 18.3. The monoisotopic (exact) mass is 436 g/mol. The van der Waals surface area contributed by atoms with E-state index in [0.29, 0.717) is 0 Å². The van der Waals surface area contributed by atoms with Crippen LogP contribution in [0, 0.1) is 0 Å². The molecule has 0 saturated heterocycles. The van der Waals surface area contributed by atoms with Crippen LogP contribution in [0.15, 0.2) is 126 Å². The van der Waals surface area contributed by atoms with Gasteiger partial charge in [0.2, 0.25) is 0 Å². The summed E-state index contributed by atoms with van der Waals surface area (Å²) in [5.74, 6) is 0.770. The van der Waals surface area contributed by atoms with Crippen molar-refractivity contribution in [2.75, 3.05) is 0 Å². The molecule has 0 atom stereocenters. The van der Waals surface area contributed by atoms with Gasteiger partial charge in [-0.3, -0.25) is 0 Å². The summed E-state index contributed by atoms with van der Waals surface area (Å²) in [6.07, 6.45) is 0. The maximum Gasteiger partial charge on any atom is 0.156 e. The second-order valence-corrected chi connectivity index (χ2v) is 8.48. The van der Waals surface area contributed by atoms with E-state index in [1.54, 1.807) is 0 Å². The van der Waals surface area contributed by atoms with E-state index < -0.39 is 0 Å². The van der Waals surface area contributed by atoms with Gasteiger partial charge in [-0.2, -0.15) is 5.10 Å². The first-order chi connectivity index (χ1) is 16.9. The van der Waals surface area contributed by atoms with Crippen molar-refractivity contribution in [3.8, 4) is 33.8 Å². The standard InChI is InChI=1S/C31H20N2O/c1-3-11-21(12-4-1)26-19-23-15-7-9-17-25(23)31-29(22-13-5-2-6-14-22)30(32-33(26)31)28-20-24-16-8-10-18-27(24)34-28/h1-20H. The third kappa shape index (κ3) is 2.87. The maximum absolute atomic E-state index is 6.33. The molecule has 7 rings (SSSR count). The van der Waals surface area contributed by atoms with E-state index in [-0.39, 0.29) is 0 Å². The van der Waals surface area contributed by atoms with Crippen molar-refractivity contribution in [3.05, 3.63) is 121 Å². The molecule has 160 valence electrons. The lowest BCUT2D eigenvalue weighted by atomic mass is 9.98. The minimum absolute atomic E-state index is 0.770. The largest absolute Gasteiger partial charge is 0.454 e. The zero-order valence-electron chi connectivity index (χ0n) is 18.3. The van der Waals surface area contributed by atoms with Crippen LogP contribution in [0.2, 0.25) is 0 Å². The fourth-order valence-corrected chi connectivity index (χ4v) is 4.85. The summed E-state index contributed by atoms with van der Waals surface area (Å²) in [7, 11) is 0. The molecule has 3 aromatic heterocycles. The van der Waals surface area contributed by atoms with Gasteiger partial charge in [0.25, 0.3) is 0 Å². The quantitative estimate of drug-likeness (QED) is 0.279. The van der Waals surface area contributed by atoms with Crippen LogP contribution in [0.3, 0.4) is 0 Å². The molecule has 3 heteroatoms. The van der Waals surface area contributed by atoms with Crippen molar-refractivity contribution in [1.29, 1.82) is 0 Å². The zero-order chi connectivity index (χ0) is 22.5. The molecule has 0 fully saturated rings. The number of aromatic nitrogens is 2. The molecule has 0 radical (unpaired) electrons. The van der Waals surface area contributed by atoms with Crippen LogP contribution in [0.25, 0.3) is 61.1 Å². The summed E-state index contributed by atoms with van der Waals surface area (Å²) < 4.78 is 8.41. The number of hydrogen-bond acceptors (Lipinski definition) is 2. The second kappa shape index (κ2) is 7.46. The SMILES string of the molecule is c1ccc(-c2c(-c3cc4ccccc4o3)nn3c(-c4ccccc4)cc4ccccc4c23)cc1. The highest BCUT2D eigenvalue weighted by Crippen LogP contribution is 2.41. The van der Waals surface area contributed by atoms with Gasteiger partial charge in [0.1, 0.15) is 11.3 Å². The summed E-state index contributed by atoms with van der Waals surface area (Å²) in [6.45, 7) is 0. The number of nitrogens with zero attached hydrogens (tertiary/aromatic N) is 2. The predicted octanol–water partition coefficient (Wildman–Crippen LogP) is 8.23. The second-order valence-electron chi connectivity index (χ2n) is 8.48. The molecule has 0 aliphatic heterocycles. The molecular formula is C31H20N2O. The van der Waals surface area contributed by atoms with Crippen LogP contribution in [-0.2, 0) is 0 Å². The highest BCUT2D eigenvalue weighted by molar-refractivity contribution is 6.08. The Morgan fingerprint density at radius 2 is 1.24 bits per heavy atom.